The third-order valence-corrected chi connectivity index (χ3v) is 4.55. The van der Waals surface area contributed by atoms with Gasteiger partial charge in [0.1, 0.15) is 0 Å². The van der Waals surface area contributed by atoms with Gasteiger partial charge in [0.2, 0.25) is 0 Å². The Hall–Kier alpha value is -0.770. The molecule has 4 nitrogen and oxygen atoms in total. The van der Waals surface area contributed by atoms with Crippen LogP contribution in [0.4, 0.5) is 4.79 Å². The normalized spacial score (nSPS) is 25.0. The van der Waals surface area contributed by atoms with Crippen LogP contribution in [0.2, 0.25) is 0 Å². The van der Waals surface area contributed by atoms with Crippen molar-refractivity contribution in [2.24, 2.45) is 5.41 Å². The van der Waals surface area contributed by atoms with Crippen LogP contribution < -0.4 is 5.32 Å². The van der Waals surface area contributed by atoms with Gasteiger partial charge in [-0.3, -0.25) is 0 Å². The lowest BCUT2D eigenvalue weighted by Gasteiger charge is -2.35. The number of nitrogens with one attached hydrogen (secondary N) is 1. The van der Waals surface area contributed by atoms with E-state index in [9.17, 15) is 4.79 Å². The van der Waals surface area contributed by atoms with Crippen molar-refractivity contribution in [3.05, 3.63) is 0 Å². The monoisotopic (exact) mass is 267 g/mol. The third-order valence-electron chi connectivity index (χ3n) is 4.55. The van der Waals surface area contributed by atoms with Gasteiger partial charge in [-0.2, -0.15) is 0 Å². The second-order valence-corrected chi connectivity index (χ2v) is 7.19. The molecule has 110 valence electrons. The molecule has 0 aromatic rings. The molecule has 2 rings (SSSR count). The average Bonchev–Trinajstić information content (AvgIpc) is 2.70. The van der Waals surface area contributed by atoms with Crippen molar-refractivity contribution in [1.29, 1.82) is 0 Å². The largest absolute Gasteiger partial charge is 0.335 e. The molecular formula is C15H29N3O. The standard InChI is InChI=1S/C15H29N3O/c1-12(2)17-8-5-13(6-9-17)16-14(19)18-10-7-15(3,4)11-18/h12-13H,5-11H2,1-4H3,(H,16,19). The van der Waals surface area contributed by atoms with Gasteiger partial charge in [-0.05, 0) is 38.5 Å². The van der Waals surface area contributed by atoms with Gasteiger partial charge in [-0.1, -0.05) is 13.8 Å². The van der Waals surface area contributed by atoms with E-state index >= 15 is 0 Å². The first-order chi connectivity index (χ1) is 8.87. The number of likely N-dealkylation sites (tertiary alicyclic amines) is 2. The van der Waals surface area contributed by atoms with E-state index in [1.165, 1.54) is 0 Å². The first kappa shape index (κ1) is 14.6. The van der Waals surface area contributed by atoms with Crippen LogP contribution in [0.5, 0.6) is 0 Å². The lowest BCUT2D eigenvalue weighted by Crippen LogP contribution is -2.50. The zero-order chi connectivity index (χ0) is 14.0. The highest BCUT2D eigenvalue weighted by Gasteiger charge is 2.33. The fraction of sp³-hybridized carbons (Fsp3) is 0.933. The van der Waals surface area contributed by atoms with Crippen molar-refractivity contribution in [3.8, 4) is 0 Å². The van der Waals surface area contributed by atoms with E-state index in [2.05, 4.69) is 37.9 Å². The molecule has 0 spiro atoms. The predicted octanol–water partition coefficient (Wildman–Crippen LogP) is 2.30. The van der Waals surface area contributed by atoms with E-state index < -0.39 is 0 Å². The number of amides is 2. The molecule has 2 fully saturated rings. The Balaban J connectivity index is 1.75. The summed E-state index contributed by atoms with van der Waals surface area (Å²) in [5.74, 6) is 0. The van der Waals surface area contributed by atoms with Crippen molar-refractivity contribution >= 4 is 6.03 Å². The molecule has 0 atom stereocenters. The first-order valence-electron chi connectivity index (χ1n) is 7.67. The summed E-state index contributed by atoms with van der Waals surface area (Å²) in [6.07, 6.45) is 3.29. The molecule has 0 saturated carbocycles. The molecule has 1 N–H and O–H groups in total. The molecule has 0 bridgehead atoms. The van der Waals surface area contributed by atoms with Crippen molar-refractivity contribution in [2.45, 2.75) is 59.0 Å². The van der Waals surface area contributed by atoms with Gasteiger partial charge >= 0.3 is 6.03 Å². The Morgan fingerprint density at radius 1 is 1.21 bits per heavy atom. The number of hydrogen-bond donors (Lipinski definition) is 1. The van der Waals surface area contributed by atoms with E-state index in [1.807, 2.05) is 4.90 Å². The summed E-state index contributed by atoms with van der Waals surface area (Å²) in [5, 5.41) is 3.22. The topological polar surface area (TPSA) is 35.6 Å². The number of carbonyl (C=O) groups excluding carboxylic acids is 1. The first-order valence-corrected chi connectivity index (χ1v) is 7.67. The Morgan fingerprint density at radius 3 is 2.32 bits per heavy atom. The van der Waals surface area contributed by atoms with Crippen LogP contribution >= 0.6 is 0 Å². The smallest absolute Gasteiger partial charge is 0.317 e. The lowest BCUT2D eigenvalue weighted by atomic mass is 9.93. The van der Waals surface area contributed by atoms with Gasteiger partial charge < -0.3 is 15.1 Å². The van der Waals surface area contributed by atoms with Crippen LogP contribution in [-0.2, 0) is 0 Å². The molecule has 2 heterocycles. The van der Waals surface area contributed by atoms with Crippen molar-refractivity contribution in [2.75, 3.05) is 26.2 Å². The number of rotatable bonds is 2. The van der Waals surface area contributed by atoms with Crippen LogP contribution in [0.15, 0.2) is 0 Å². The Bertz CT molecular complexity index is 319. The minimum absolute atomic E-state index is 0.147. The van der Waals surface area contributed by atoms with Gasteiger partial charge in [0.15, 0.2) is 0 Å². The number of hydrogen-bond acceptors (Lipinski definition) is 2. The minimum atomic E-state index is 0.147. The summed E-state index contributed by atoms with van der Waals surface area (Å²) in [4.78, 5) is 16.7. The van der Waals surface area contributed by atoms with E-state index in [0.717, 1.165) is 45.4 Å². The average molecular weight is 267 g/mol. The summed E-state index contributed by atoms with van der Waals surface area (Å²) in [7, 11) is 0. The predicted molar refractivity (Wildman–Crippen MR) is 78.2 cm³/mol. The van der Waals surface area contributed by atoms with E-state index in [-0.39, 0.29) is 6.03 Å². The van der Waals surface area contributed by atoms with Gasteiger partial charge in [0, 0.05) is 38.3 Å². The number of piperidine rings is 1. The molecule has 0 unspecified atom stereocenters. The van der Waals surface area contributed by atoms with Crippen molar-refractivity contribution in [3.63, 3.8) is 0 Å². The molecule has 2 aliphatic heterocycles. The second-order valence-electron chi connectivity index (χ2n) is 7.19. The van der Waals surface area contributed by atoms with Gasteiger partial charge in [0.05, 0.1) is 0 Å². The van der Waals surface area contributed by atoms with Gasteiger partial charge in [0.25, 0.3) is 0 Å². The Labute approximate surface area is 117 Å². The highest BCUT2D eigenvalue weighted by molar-refractivity contribution is 5.74. The third kappa shape index (κ3) is 3.85. The molecular weight excluding hydrogens is 238 g/mol. The highest BCUT2D eigenvalue weighted by Crippen LogP contribution is 2.28. The highest BCUT2D eigenvalue weighted by atomic mass is 16.2. The second kappa shape index (κ2) is 5.70. The fourth-order valence-corrected chi connectivity index (χ4v) is 3.11. The van der Waals surface area contributed by atoms with Gasteiger partial charge in [-0.15, -0.1) is 0 Å². The number of carbonyl (C=O) groups is 1. The summed E-state index contributed by atoms with van der Waals surface area (Å²) in [6.45, 7) is 13.0. The van der Waals surface area contributed by atoms with E-state index in [4.69, 9.17) is 0 Å². The van der Waals surface area contributed by atoms with Crippen LogP contribution in [0, 0.1) is 5.41 Å². The maximum absolute atomic E-state index is 12.2. The van der Waals surface area contributed by atoms with E-state index in [0.29, 0.717) is 17.5 Å². The van der Waals surface area contributed by atoms with Crippen LogP contribution in [0.3, 0.4) is 0 Å². The SMILES string of the molecule is CC(C)N1CCC(NC(=O)N2CCC(C)(C)C2)CC1. The minimum Gasteiger partial charge on any atom is -0.335 e. The summed E-state index contributed by atoms with van der Waals surface area (Å²) in [5.41, 5.74) is 0.290. The number of urea groups is 1. The van der Waals surface area contributed by atoms with Crippen LogP contribution in [0.1, 0.15) is 47.0 Å². The molecule has 0 aromatic carbocycles. The molecule has 2 amide bonds. The molecule has 2 saturated heterocycles. The quantitative estimate of drug-likeness (QED) is 0.833. The summed E-state index contributed by atoms with van der Waals surface area (Å²) < 4.78 is 0. The summed E-state index contributed by atoms with van der Waals surface area (Å²) in [6, 6.07) is 1.14. The maximum atomic E-state index is 12.2. The zero-order valence-electron chi connectivity index (χ0n) is 12.9. The molecule has 4 heteroatoms. The molecule has 0 aromatic heterocycles. The Kier molecular flexibility index (Phi) is 4.39. The van der Waals surface area contributed by atoms with Gasteiger partial charge in [-0.25, -0.2) is 4.79 Å². The van der Waals surface area contributed by atoms with Crippen LogP contribution in [-0.4, -0.2) is 54.1 Å². The van der Waals surface area contributed by atoms with Crippen molar-refractivity contribution in [1.82, 2.24) is 15.1 Å². The summed E-state index contributed by atoms with van der Waals surface area (Å²) >= 11 is 0. The Morgan fingerprint density at radius 2 is 1.84 bits per heavy atom. The number of nitrogens with zero attached hydrogens (tertiary/aromatic N) is 2. The maximum Gasteiger partial charge on any atom is 0.317 e. The lowest BCUT2D eigenvalue weighted by molar-refractivity contribution is 0.154. The molecule has 0 radical (unpaired) electrons. The van der Waals surface area contributed by atoms with E-state index in [1.54, 1.807) is 0 Å². The molecule has 0 aliphatic carbocycles. The van der Waals surface area contributed by atoms with Crippen molar-refractivity contribution < 1.29 is 4.79 Å². The van der Waals surface area contributed by atoms with Crippen LogP contribution in [0.25, 0.3) is 0 Å². The fourth-order valence-electron chi connectivity index (χ4n) is 3.11. The molecule has 19 heavy (non-hydrogen) atoms. The molecule has 2 aliphatic rings. The zero-order valence-corrected chi connectivity index (χ0v) is 12.9.